The minimum absolute atomic E-state index is 0.0645. The average molecular weight is 416 g/mol. The number of imidazole rings is 1. The molecule has 0 aliphatic carbocycles. The van der Waals surface area contributed by atoms with Crippen molar-refractivity contribution in [2.45, 2.75) is 33.2 Å². The molecule has 0 aliphatic rings. The van der Waals surface area contributed by atoms with Crippen molar-refractivity contribution in [2.24, 2.45) is 5.92 Å². The van der Waals surface area contributed by atoms with Gasteiger partial charge in [0, 0.05) is 29.2 Å². The summed E-state index contributed by atoms with van der Waals surface area (Å²) in [6, 6.07) is 11.0. The Morgan fingerprint density at radius 2 is 1.90 bits per heavy atom. The predicted molar refractivity (Wildman–Crippen MR) is 118 cm³/mol. The van der Waals surface area contributed by atoms with Crippen LogP contribution in [0.1, 0.15) is 37.0 Å². The van der Waals surface area contributed by atoms with Crippen LogP contribution in [0.4, 0.5) is 0 Å². The Bertz CT molecular complexity index is 1240. The highest BCUT2D eigenvalue weighted by Gasteiger charge is 2.23. The molecule has 0 saturated heterocycles. The zero-order chi connectivity index (χ0) is 22.0. The number of carbonyl (C=O) groups is 1. The number of pyridine rings is 1. The molecule has 1 aromatic carbocycles. The second-order valence-corrected chi connectivity index (χ2v) is 7.83. The van der Waals surface area contributed by atoms with Gasteiger partial charge >= 0.3 is 0 Å². The summed E-state index contributed by atoms with van der Waals surface area (Å²) >= 11 is 0. The summed E-state index contributed by atoms with van der Waals surface area (Å²) in [7, 11) is 0. The first-order chi connectivity index (χ1) is 14.9. The van der Waals surface area contributed by atoms with E-state index in [9.17, 15) is 9.59 Å². The summed E-state index contributed by atoms with van der Waals surface area (Å²) in [5, 5.41) is 3.02. The molecule has 0 aliphatic heterocycles. The topological polar surface area (TPSA) is 116 Å². The first kappa shape index (κ1) is 20.5. The fourth-order valence-electron chi connectivity index (χ4n) is 3.51. The maximum Gasteiger partial charge on any atom is 0.255 e. The lowest BCUT2D eigenvalue weighted by Gasteiger charge is -2.20. The van der Waals surface area contributed by atoms with Crippen LogP contribution in [0.15, 0.2) is 53.6 Å². The maximum atomic E-state index is 12.8. The number of hydrogen-bond donors (Lipinski definition) is 3. The number of fused-ring (bicyclic) bond motifs is 1. The highest BCUT2D eigenvalue weighted by molar-refractivity contribution is 5.80. The number of aromatic nitrogens is 5. The van der Waals surface area contributed by atoms with Crippen LogP contribution in [0.2, 0.25) is 0 Å². The van der Waals surface area contributed by atoms with Crippen molar-refractivity contribution in [1.82, 2.24) is 30.2 Å². The third-order valence-electron chi connectivity index (χ3n) is 5.18. The third-order valence-corrected chi connectivity index (χ3v) is 5.18. The molecule has 3 aromatic heterocycles. The van der Waals surface area contributed by atoms with Crippen molar-refractivity contribution in [3.8, 4) is 11.4 Å². The number of amides is 1. The lowest BCUT2D eigenvalue weighted by molar-refractivity contribution is -0.121. The largest absolute Gasteiger partial charge is 0.346 e. The number of H-pyrrole nitrogens is 2. The number of nitrogens with one attached hydrogen (secondary N) is 3. The highest BCUT2D eigenvalue weighted by Crippen LogP contribution is 2.22. The molecule has 8 nitrogen and oxygen atoms in total. The molecular formula is C23H24N6O2. The van der Waals surface area contributed by atoms with Crippen LogP contribution in [-0.2, 0) is 11.2 Å². The van der Waals surface area contributed by atoms with Crippen molar-refractivity contribution in [3.05, 3.63) is 76.2 Å². The van der Waals surface area contributed by atoms with Crippen molar-refractivity contribution in [3.63, 3.8) is 0 Å². The van der Waals surface area contributed by atoms with E-state index in [2.05, 4.69) is 30.2 Å². The van der Waals surface area contributed by atoms with Gasteiger partial charge in [0.1, 0.15) is 11.6 Å². The van der Waals surface area contributed by atoms with Crippen LogP contribution in [0, 0.1) is 12.8 Å². The van der Waals surface area contributed by atoms with Crippen LogP contribution in [0.5, 0.6) is 0 Å². The summed E-state index contributed by atoms with van der Waals surface area (Å²) < 4.78 is 0. The molecule has 0 fully saturated rings. The van der Waals surface area contributed by atoms with Gasteiger partial charge in [0.25, 0.3) is 5.56 Å². The van der Waals surface area contributed by atoms with Crippen molar-refractivity contribution in [1.29, 1.82) is 0 Å². The summed E-state index contributed by atoms with van der Waals surface area (Å²) in [6.45, 7) is 5.76. The van der Waals surface area contributed by atoms with Crippen molar-refractivity contribution < 1.29 is 4.79 Å². The number of para-hydroxylation sites is 2. The van der Waals surface area contributed by atoms with Gasteiger partial charge in [0.2, 0.25) is 5.91 Å². The lowest BCUT2D eigenvalue weighted by atomic mass is 10.0. The van der Waals surface area contributed by atoms with Gasteiger partial charge in [-0.2, -0.15) is 0 Å². The predicted octanol–water partition coefficient (Wildman–Crippen LogP) is 3.07. The van der Waals surface area contributed by atoms with Gasteiger partial charge in [-0.1, -0.05) is 26.0 Å². The molecule has 0 radical (unpaired) electrons. The van der Waals surface area contributed by atoms with Gasteiger partial charge in [0.15, 0.2) is 0 Å². The Morgan fingerprint density at radius 3 is 2.58 bits per heavy atom. The molecule has 4 rings (SSSR count). The fourth-order valence-corrected chi connectivity index (χ4v) is 3.51. The minimum Gasteiger partial charge on any atom is -0.346 e. The minimum atomic E-state index is -0.327. The summed E-state index contributed by atoms with van der Waals surface area (Å²) in [6.07, 6.45) is 3.22. The van der Waals surface area contributed by atoms with E-state index in [0.717, 1.165) is 11.0 Å². The van der Waals surface area contributed by atoms with Gasteiger partial charge in [-0.15, -0.1) is 0 Å². The molecular weight excluding hydrogens is 392 g/mol. The fraction of sp³-hybridized carbons (Fsp3) is 0.261. The highest BCUT2D eigenvalue weighted by atomic mass is 16.2. The number of benzene rings is 1. The molecule has 3 N–H and O–H groups in total. The quantitative estimate of drug-likeness (QED) is 0.447. The summed E-state index contributed by atoms with van der Waals surface area (Å²) in [4.78, 5) is 44.7. The second-order valence-electron chi connectivity index (χ2n) is 7.83. The number of aryl methyl sites for hydroxylation is 1. The van der Waals surface area contributed by atoms with Gasteiger partial charge < -0.3 is 15.3 Å². The number of hydrogen-bond acceptors (Lipinski definition) is 5. The van der Waals surface area contributed by atoms with E-state index in [-0.39, 0.29) is 29.8 Å². The SMILES string of the molecule is Cc1nc(-c2cccnc2)[nH]c(=O)c1CC(=O)NC(c1nc2ccccc2[nH]1)C(C)C. The first-order valence-corrected chi connectivity index (χ1v) is 10.2. The van der Waals surface area contributed by atoms with Crippen molar-refractivity contribution in [2.75, 3.05) is 0 Å². The van der Waals surface area contributed by atoms with Crippen LogP contribution in [0.3, 0.4) is 0 Å². The number of aromatic amines is 2. The Balaban J connectivity index is 1.55. The van der Waals surface area contributed by atoms with Gasteiger partial charge in [0.05, 0.1) is 23.5 Å². The summed E-state index contributed by atoms with van der Waals surface area (Å²) in [5.41, 5.74) is 3.01. The molecule has 1 atom stereocenters. The van der Waals surface area contributed by atoms with E-state index in [1.807, 2.05) is 44.2 Å². The Kier molecular flexibility index (Phi) is 5.62. The standard InChI is InChI=1S/C23H24N6O2/c1-13(2)20(22-26-17-8-4-5-9-18(17)27-22)28-19(30)11-16-14(3)25-21(29-23(16)31)15-7-6-10-24-12-15/h4-10,12-13,20H,11H2,1-3H3,(H,26,27)(H,28,30)(H,25,29,31). The normalized spacial score (nSPS) is 12.3. The van der Waals surface area contributed by atoms with Gasteiger partial charge in [-0.05, 0) is 37.1 Å². The van der Waals surface area contributed by atoms with E-state index in [1.54, 1.807) is 25.4 Å². The third kappa shape index (κ3) is 4.37. The van der Waals surface area contributed by atoms with E-state index in [1.165, 1.54) is 0 Å². The number of carbonyl (C=O) groups excluding carboxylic acids is 1. The number of rotatable bonds is 6. The zero-order valence-electron chi connectivity index (χ0n) is 17.6. The van der Waals surface area contributed by atoms with Crippen molar-refractivity contribution >= 4 is 16.9 Å². The van der Waals surface area contributed by atoms with Crippen LogP contribution in [0.25, 0.3) is 22.4 Å². The Labute approximate surface area is 179 Å². The molecule has 1 amide bonds. The Hall–Kier alpha value is -3.81. The molecule has 0 spiro atoms. The molecule has 31 heavy (non-hydrogen) atoms. The van der Waals surface area contributed by atoms with Crippen LogP contribution >= 0.6 is 0 Å². The first-order valence-electron chi connectivity index (χ1n) is 10.2. The smallest absolute Gasteiger partial charge is 0.255 e. The van der Waals surface area contributed by atoms with E-state index in [0.29, 0.717) is 28.5 Å². The second kappa shape index (κ2) is 8.51. The monoisotopic (exact) mass is 416 g/mol. The average Bonchev–Trinajstić information content (AvgIpc) is 3.18. The molecule has 4 aromatic rings. The molecule has 0 bridgehead atoms. The van der Waals surface area contributed by atoms with Gasteiger partial charge in [-0.25, -0.2) is 9.97 Å². The van der Waals surface area contributed by atoms with E-state index >= 15 is 0 Å². The van der Waals surface area contributed by atoms with Crippen LogP contribution in [-0.4, -0.2) is 30.8 Å². The van der Waals surface area contributed by atoms with E-state index < -0.39 is 0 Å². The molecule has 8 heteroatoms. The maximum absolute atomic E-state index is 12.8. The molecule has 1 unspecified atom stereocenters. The lowest BCUT2D eigenvalue weighted by Crippen LogP contribution is -2.35. The zero-order valence-corrected chi connectivity index (χ0v) is 17.6. The molecule has 3 heterocycles. The van der Waals surface area contributed by atoms with E-state index in [4.69, 9.17) is 0 Å². The number of nitrogens with zero attached hydrogens (tertiary/aromatic N) is 3. The molecule has 158 valence electrons. The van der Waals surface area contributed by atoms with Crippen LogP contribution < -0.4 is 10.9 Å². The summed E-state index contributed by atoms with van der Waals surface area (Å²) in [5.74, 6) is 0.973. The van der Waals surface area contributed by atoms with Gasteiger partial charge in [-0.3, -0.25) is 14.6 Å². The Morgan fingerprint density at radius 1 is 1.10 bits per heavy atom. The molecule has 0 saturated carbocycles.